The average molecular weight is 587 g/mol. The Hall–Kier alpha value is -4.81. The molecule has 5 rings (SSSR count). The van der Waals surface area contributed by atoms with Crippen LogP contribution in [0.1, 0.15) is 22.3 Å². The molecule has 0 amide bonds. The second-order valence-electron chi connectivity index (χ2n) is 9.36. The van der Waals surface area contributed by atoms with Crippen LogP contribution in [0.25, 0.3) is 11.2 Å². The van der Waals surface area contributed by atoms with Gasteiger partial charge in [0, 0.05) is 12.2 Å². The lowest BCUT2D eigenvalue weighted by Gasteiger charge is -2.12. The number of nitrogens with zero attached hydrogens (tertiary/aromatic N) is 4. The zero-order chi connectivity index (χ0) is 29.9. The van der Waals surface area contributed by atoms with Gasteiger partial charge in [0.1, 0.15) is 5.75 Å². The van der Waals surface area contributed by atoms with Crippen molar-refractivity contribution >= 4 is 28.6 Å². The second-order valence-corrected chi connectivity index (χ2v) is 9.36. The molecule has 2 aromatic heterocycles. The van der Waals surface area contributed by atoms with Crippen molar-refractivity contribution < 1.29 is 31.1 Å². The van der Waals surface area contributed by atoms with Crippen LogP contribution in [-0.2, 0) is 25.3 Å². The monoisotopic (exact) mass is 586 g/mol. The maximum absolute atomic E-state index is 13.0. The van der Waals surface area contributed by atoms with E-state index in [1.54, 1.807) is 11.7 Å². The van der Waals surface area contributed by atoms with Crippen molar-refractivity contribution in [1.29, 1.82) is 0 Å². The summed E-state index contributed by atoms with van der Waals surface area (Å²) >= 11 is 0. The van der Waals surface area contributed by atoms with E-state index < -0.39 is 23.5 Å². The number of fused-ring (bicyclic) bond motifs is 1. The summed E-state index contributed by atoms with van der Waals surface area (Å²) in [7, 11) is 1.59. The van der Waals surface area contributed by atoms with Gasteiger partial charge in [0.2, 0.25) is 5.95 Å². The van der Waals surface area contributed by atoms with Gasteiger partial charge >= 0.3 is 12.4 Å². The second kappa shape index (κ2) is 11.6. The van der Waals surface area contributed by atoms with E-state index in [2.05, 4.69) is 25.6 Å². The molecule has 42 heavy (non-hydrogen) atoms. The fourth-order valence-corrected chi connectivity index (χ4v) is 4.22. The first kappa shape index (κ1) is 28.7. The van der Waals surface area contributed by atoms with E-state index in [1.165, 1.54) is 30.6 Å². The molecule has 0 fully saturated rings. The van der Waals surface area contributed by atoms with Crippen molar-refractivity contribution in [2.45, 2.75) is 25.3 Å². The Morgan fingerprint density at radius 2 is 1.36 bits per heavy atom. The first-order valence-corrected chi connectivity index (χ1v) is 12.7. The number of hydrogen-bond donors (Lipinski definition) is 2. The predicted octanol–water partition coefficient (Wildman–Crippen LogP) is 7.32. The molecule has 218 valence electrons. The summed E-state index contributed by atoms with van der Waals surface area (Å²) in [6.07, 6.45) is -6.77. The number of benzene rings is 3. The Labute approximate surface area is 236 Å². The molecule has 5 aromatic rings. The van der Waals surface area contributed by atoms with Crippen LogP contribution in [-0.4, -0.2) is 33.2 Å². The number of ether oxygens (including phenoxy) is 1. The van der Waals surface area contributed by atoms with Crippen LogP contribution in [0, 0.1) is 0 Å². The molecule has 0 saturated carbocycles. The first-order chi connectivity index (χ1) is 20.0. The van der Waals surface area contributed by atoms with Crippen molar-refractivity contribution in [1.82, 2.24) is 19.5 Å². The van der Waals surface area contributed by atoms with Gasteiger partial charge in [-0.15, -0.1) is 0 Å². The summed E-state index contributed by atoms with van der Waals surface area (Å²) < 4.78 is 84.8. The minimum Gasteiger partial charge on any atom is -0.497 e. The molecule has 0 bridgehead atoms. The van der Waals surface area contributed by atoms with Crippen LogP contribution in [0.15, 0.2) is 79.1 Å². The number of imidazole rings is 1. The first-order valence-electron chi connectivity index (χ1n) is 12.7. The summed E-state index contributed by atoms with van der Waals surface area (Å²) in [5.74, 6) is 1.22. The van der Waals surface area contributed by atoms with E-state index in [0.717, 1.165) is 35.6 Å². The molecule has 0 unspecified atom stereocenters. The zero-order valence-corrected chi connectivity index (χ0v) is 22.1. The van der Waals surface area contributed by atoms with Gasteiger partial charge in [0.25, 0.3) is 0 Å². The normalized spacial score (nSPS) is 12.0. The highest BCUT2D eigenvalue weighted by molar-refractivity contribution is 5.84. The summed E-state index contributed by atoms with van der Waals surface area (Å²) in [6, 6.07) is 16.8. The number of alkyl halides is 6. The minimum atomic E-state index is -4.47. The number of rotatable bonds is 9. The van der Waals surface area contributed by atoms with Crippen LogP contribution in [0.5, 0.6) is 5.75 Å². The van der Waals surface area contributed by atoms with Gasteiger partial charge in [0.15, 0.2) is 17.0 Å². The van der Waals surface area contributed by atoms with Crippen molar-refractivity contribution in [3.05, 3.63) is 101 Å². The summed E-state index contributed by atoms with van der Waals surface area (Å²) in [6.45, 7) is 0.653. The summed E-state index contributed by atoms with van der Waals surface area (Å²) in [4.78, 5) is 13.5. The summed E-state index contributed by atoms with van der Waals surface area (Å²) in [5, 5.41) is 6.18. The van der Waals surface area contributed by atoms with Crippen LogP contribution < -0.4 is 15.4 Å². The topological polar surface area (TPSA) is 76.9 Å². The number of anilines is 3. The molecule has 3 aromatic carbocycles. The summed E-state index contributed by atoms with van der Waals surface area (Å²) in [5.41, 5.74) is 1.23. The maximum atomic E-state index is 13.0. The van der Waals surface area contributed by atoms with Crippen molar-refractivity contribution in [3.8, 4) is 5.75 Å². The fourth-order valence-electron chi connectivity index (χ4n) is 4.22. The molecular weight excluding hydrogens is 562 g/mol. The zero-order valence-electron chi connectivity index (χ0n) is 22.1. The molecule has 13 heteroatoms. The van der Waals surface area contributed by atoms with E-state index in [9.17, 15) is 26.3 Å². The highest BCUT2D eigenvalue weighted by Crippen LogP contribution is 2.31. The Balaban J connectivity index is 1.42. The Bertz CT molecular complexity index is 1650. The van der Waals surface area contributed by atoms with Crippen LogP contribution in [0.4, 0.5) is 43.8 Å². The Kier molecular flexibility index (Phi) is 7.92. The molecule has 0 aliphatic rings. The lowest BCUT2D eigenvalue weighted by Crippen LogP contribution is -2.10. The van der Waals surface area contributed by atoms with E-state index in [4.69, 9.17) is 4.74 Å². The van der Waals surface area contributed by atoms with Gasteiger partial charge in [-0.3, -0.25) is 0 Å². The Morgan fingerprint density at radius 3 is 1.95 bits per heavy atom. The highest BCUT2D eigenvalue weighted by Gasteiger charge is 2.30. The molecular formula is C29H24F6N6O. The molecule has 0 atom stereocenters. The van der Waals surface area contributed by atoms with E-state index in [0.29, 0.717) is 41.2 Å². The fraction of sp³-hybridized carbons (Fsp3) is 0.207. The van der Waals surface area contributed by atoms with Gasteiger partial charge in [0.05, 0.1) is 31.1 Å². The van der Waals surface area contributed by atoms with Gasteiger partial charge in [-0.25, -0.2) is 4.98 Å². The molecule has 0 aliphatic carbocycles. The predicted molar refractivity (Wildman–Crippen MR) is 146 cm³/mol. The SMILES string of the molecule is COc1ccc(CCNc2nc(Nc3ccc(C(F)(F)F)cc3)nc3c2ncn3Cc2ccc(C(F)(F)F)cc2)cc1. The van der Waals surface area contributed by atoms with Crippen LogP contribution in [0.2, 0.25) is 0 Å². The molecule has 7 nitrogen and oxygen atoms in total. The molecule has 2 N–H and O–H groups in total. The van der Waals surface area contributed by atoms with Crippen molar-refractivity contribution in [3.63, 3.8) is 0 Å². The number of aromatic nitrogens is 4. The minimum absolute atomic E-state index is 0.100. The molecule has 0 spiro atoms. The lowest BCUT2D eigenvalue weighted by atomic mass is 10.1. The largest absolute Gasteiger partial charge is 0.497 e. The standard InChI is InChI=1S/C29H24F6N6O/c1-42-23-12-4-18(5-13-23)14-15-36-25-24-26(40-27(39-25)38-22-10-8-21(9-11-22)29(33,34)35)41(17-37-24)16-19-2-6-20(7-3-19)28(30,31)32/h2-13,17H,14-16H2,1H3,(H2,36,38,39,40). The van der Waals surface area contributed by atoms with Crippen molar-refractivity contribution in [2.24, 2.45) is 0 Å². The molecule has 2 heterocycles. The molecule has 0 saturated heterocycles. The van der Waals surface area contributed by atoms with E-state index >= 15 is 0 Å². The van der Waals surface area contributed by atoms with Crippen LogP contribution >= 0.6 is 0 Å². The number of halogens is 6. The number of hydrogen-bond acceptors (Lipinski definition) is 6. The Morgan fingerprint density at radius 1 is 0.762 bits per heavy atom. The molecule has 0 aliphatic heterocycles. The lowest BCUT2D eigenvalue weighted by molar-refractivity contribution is -0.138. The highest BCUT2D eigenvalue weighted by atomic mass is 19.4. The quantitative estimate of drug-likeness (QED) is 0.176. The third-order valence-corrected chi connectivity index (χ3v) is 6.43. The van der Waals surface area contributed by atoms with Gasteiger partial charge < -0.3 is 19.9 Å². The third kappa shape index (κ3) is 6.73. The van der Waals surface area contributed by atoms with E-state index in [1.807, 2.05) is 24.3 Å². The average Bonchev–Trinajstić information content (AvgIpc) is 3.35. The van der Waals surface area contributed by atoms with Crippen LogP contribution in [0.3, 0.4) is 0 Å². The van der Waals surface area contributed by atoms with Gasteiger partial charge in [-0.2, -0.15) is 36.3 Å². The number of methoxy groups -OCH3 is 1. The number of nitrogens with one attached hydrogen (secondary N) is 2. The van der Waals surface area contributed by atoms with Gasteiger partial charge in [-0.1, -0.05) is 24.3 Å². The molecule has 0 radical (unpaired) electrons. The van der Waals surface area contributed by atoms with E-state index in [-0.39, 0.29) is 12.5 Å². The smallest absolute Gasteiger partial charge is 0.416 e. The third-order valence-electron chi connectivity index (χ3n) is 6.43. The maximum Gasteiger partial charge on any atom is 0.416 e. The van der Waals surface area contributed by atoms with Crippen molar-refractivity contribution in [2.75, 3.05) is 24.3 Å². The van der Waals surface area contributed by atoms with Gasteiger partial charge in [-0.05, 0) is 66.1 Å².